The number of hydrogen-bond donors (Lipinski definition) is 1. The Morgan fingerprint density at radius 2 is 1.21 bits per heavy atom. The van der Waals surface area contributed by atoms with Crippen LogP contribution in [0.1, 0.15) is 16.7 Å². The molecule has 4 rings (SSSR count). The largest absolute Gasteiger partial charge is 0.491 e. The third kappa shape index (κ3) is 5.14. The van der Waals surface area contributed by atoms with Gasteiger partial charge in [-0.2, -0.15) is 0 Å². The lowest BCUT2D eigenvalue weighted by atomic mass is 9.76. The molecule has 0 unspecified atom stereocenters. The minimum Gasteiger partial charge on any atom is -0.491 e. The number of carbonyl (C=O) groups is 1. The summed E-state index contributed by atoms with van der Waals surface area (Å²) in [6.45, 7) is 0.0720. The van der Waals surface area contributed by atoms with E-state index in [1.165, 1.54) is 7.11 Å². The summed E-state index contributed by atoms with van der Waals surface area (Å²) in [4.78, 5) is 13.0. The van der Waals surface area contributed by atoms with Crippen LogP contribution in [0, 0.1) is 0 Å². The molecule has 0 heterocycles. The van der Waals surface area contributed by atoms with Crippen LogP contribution >= 0.6 is 11.6 Å². The van der Waals surface area contributed by atoms with Crippen LogP contribution in [0.4, 0.5) is 0 Å². The number of hydrogen-bond acceptors (Lipinski definition) is 4. The van der Waals surface area contributed by atoms with Crippen LogP contribution < -0.4 is 10.1 Å². The highest BCUT2D eigenvalue weighted by Crippen LogP contribution is 2.37. The average molecular weight is 472 g/mol. The summed E-state index contributed by atoms with van der Waals surface area (Å²) in [5.41, 5.74) is 2.15. The minimum absolute atomic E-state index is 0.0720. The third-order valence-corrected chi connectivity index (χ3v) is 5.98. The molecular weight excluding hydrogens is 446 g/mol. The van der Waals surface area contributed by atoms with E-state index in [1.807, 2.05) is 54.6 Å². The smallest absolute Gasteiger partial charge is 0.326 e. The van der Waals surface area contributed by atoms with Crippen LogP contribution in [0.2, 0.25) is 5.02 Å². The highest BCUT2D eigenvalue weighted by atomic mass is 35.5. The first kappa shape index (κ1) is 23.6. The van der Waals surface area contributed by atoms with E-state index in [0.29, 0.717) is 10.8 Å². The second-order valence-electron chi connectivity index (χ2n) is 7.83. The van der Waals surface area contributed by atoms with Crippen LogP contribution in [0.5, 0.6) is 5.75 Å². The number of benzene rings is 4. The summed E-state index contributed by atoms with van der Waals surface area (Å²) < 4.78 is 11.1. The fraction of sp³-hybridized carbons (Fsp3) is 0.138. The lowest BCUT2D eigenvalue weighted by Gasteiger charge is -2.39. The standard InChI is InChI=1S/C29H26ClNO3/c1-33-28(32)27(21-34-26-19-17-25(30)18-20-26)31-29(22-11-5-2-6-12-22,23-13-7-3-8-14-23)24-15-9-4-10-16-24/h2-20,27,31H,21H2,1H3/t27-/m1/s1. The number of rotatable bonds is 9. The summed E-state index contributed by atoms with van der Waals surface area (Å²) >= 11 is 6.00. The molecule has 0 aliphatic heterocycles. The molecule has 4 aromatic rings. The summed E-state index contributed by atoms with van der Waals surface area (Å²) in [5, 5.41) is 4.24. The molecule has 1 N–H and O–H groups in total. The van der Waals surface area contributed by atoms with E-state index < -0.39 is 17.6 Å². The summed E-state index contributed by atoms with van der Waals surface area (Å²) in [5.74, 6) is 0.200. The fourth-order valence-electron chi connectivity index (χ4n) is 4.10. The predicted octanol–water partition coefficient (Wildman–Crippen LogP) is 5.84. The number of carbonyl (C=O) groups excluding carboxylic acids is 1. The van der Waals surface area contributed by atoms with Gasteiger partial charge in [0.2, 0.25) is 0 Å². The molecule has 4 nitrogen and oxygen atoms in total. The Hall–Kier alpha value is -3.60. The Labute approximate surface area is 205 Å². The molecule has 0 bridgehead atoms. The fourth-order valence-corrected chi connectivity index (χ4v) is 4.22. The maximum absolute atomic E-state index is 13.0. The zero-order valence-electron chi connectivity index (χ0n) is 18.9. The van der Waals surface area contributed by atoms with Gasteiger partial charge in [0.15, 0.2) is 0 Å². The quantitative estimate of drug-likeness (QED) is 0.246. The molecular formula is C29H26ClNO3. The molecule has 0 saturated carbocycles. The van der Waals surface area contributed by atoms with Gasteiger partial charge in [-0.25, -0.2) is 0 Å². The number of nitrogens with one attached hydrogen (secondary N) is 1. The van der Waals surface area contributed by atoms with Gasteiger partial charge in [0, 0.05) is 5.02 Å². The normalized spacial score (nSPS) is 12.1. The van der Waals surface area contributed by atoms with Crippen molar-refractivity contribution in [1.29, 1.82) is 0 Å². The number of ether oxygens (including phenoxy) is 2. The summed E-state index contributed by atoms with van der Waals surface area (Å²) in [6.07, 6.45) is 0. The zero-order valence-corrected chi connectivity index (χ0v) is 19.6. The first-order valence-corrected chi connectivity index (χ1v) is 11.4. The van der Waals surface area contributed by atoms with Crippen LogP contribution in [0.15, 0.2) is 115 Å². The van der Waals surface area contributed by atoms with Crippen molar-refractivity contribution in [2.75, 3.05) is 13.7 Å². The highest BCUT2D eigenvalue weighted by molar-refractivity contribution is 6.30. The van der Waals surface area contributed by atoms with E-state index in [2.05, 4.69) is 41.7 Å². The molecule has 0 saturated heterocycles. The van der Waals surface area contributed by atoms with E-state index in [1.54, 1.807) is 24.3 Å². The molecule has 0 aliphatic rings. The van der Waals surface area contributed by atoms with E-state index in [4.69, 9.17) is 21.1 Å². The van der Waals surface area contributed by atoms with Crippen molar-refractivity contribution in [3.8, 4) is 5.75 Å². The van der Waals surface area contributed by atoms with Crippen LogP contribution in [0.3, 0.4) is 0 Å². The van der Waals surface area contributed by atoms with E-state index in [-0.39, 0.29) is 6.61 Å². The van der Waals surface area contributed by atoms with Crippen LogP contribution in [-0.4, -0.2) is 25.7 Å². The molecule has 0 radical (unpaired) electrons. The number of halogens is 1. The van der Waals surface area contributed by atoms with Gasteiger partial charge >= 0.3 is 5.97 Å². The maximum Gasteiger partial charge on any atom is 0.326 e. The molecule has 1 atom stereocenters. The zero-order chi connectivity index (χ0) is 23.8. The molecule has 172 valence electrons. The second-order valence-corrected chi connectivity index (χ2v) is 8.27. The van der Waals surface area contributed by atoms with Gasteiger partial charge in [-0.05, 0) is 41.0 Å². The van der Waals surface area contributed by atoms with Crippen molar-refractivity contribution in [2.24, 2.45) is 0 Å². The van der Waals surface area contributed by atoms with E-state index in [9.17, 15) is 4.79 Å². The van der Waals surface area contributed by atoms with Gasteiger partial charge < -0.3 is 9.47 Å². The van der Waals surface area contributed by atoms with E-state index in [0.717, 1.165) is 16.7 Å². The molecule has 0 fully saturated rings. The molecule has 0 amide bonds. The van der Waals surface area contributed by atoms with E-state index >= 15 is 0 Å². The molecule has 0 spiro atoms. The van der Waals surface area contributed by atoms with Gasteiger partial charge in [-0.3, -0.25) is 10.1 Å². The summed E-state index contributed by atoms with van der Waals surface area (Å²) in [7, 11) is 1.38. The number of methoxy groups -OCH3 is 1. The first-order valence-electron chi connectivity index (χ1n) is 11.0. The molecule has 4 aromatic carbocycles. The van der Waals surface area contributed by atoms with Crippen LogP contribution in [-0.2, 0) is 15.1 Å². The Balaban J connectivity index is 1.81. The van der Waals surface area contributed by atoms with Gasteiger partial charge in [0.25, 0.3) is 0 Å². The van der Waals surface area contributed by atoms with Gasteiger partial charge in [0.05, 0.1) is 12.6 Å². The van der Waals surface area contributed by atoms with Crippen LogP contribution in [0.25, 0.3) is 0 Å². The Bertz CT molecular complexity index is 1090. The number of esters is 1. The van der Waals surface area contributed by atoms with Crippen molar-refractivity contribution in [1.82, 2.24) is 5.32 Å². The minimum atomic E-state index is -0.827. The first-order chi connectivity index (χ1) is 16.6. The Morgan fingerprint density at radius 1 is 0.765 bits per heavy atom. The molecule has 0 aromatic heterocycles. The lowest BCUT2D eigenvalue weighted by Crippen LogP contribution is -2.55. The SMILES string of the molecule is COC(=O)[C@@H](COc1ccc(Cl)cc1)NC(c1ccccc1)(c1ccccc1)c1ccccc1. The van der Waals surface area contributed by atoms with Crippen molar-refractivity contribution in [2.45, 2.75) is 11.6 Å². The van der Waals surface area contributed by atoms with Gasteiger partial charge in [0.1, 0.15) is 18.4 Å². The highest BCUT2D eigenvalue weighted by Gasteiger charge is 2.40. The molecule has 5 heteroatoms. The third-order valence-electron chi connectivity index (χ3n) is 5.73. The van der Waals surface area contributed by atoms with Crippen molar-refractivity contribution in [3.63, 3.8) is 0 Å². The maximum atomic E-state index is 13.0. The monoisotopic (exact) mass is 471 g/mol. The predicted molar refractivity (Wildman–Crippen MR) is 135 cm³/mol. The summed E-state index contributed by atoms with van der Waals surface area (Å²) in [6, 6.07) is 36.5. The van der Waals surface area contributed by atoms with Crippen molar-refractivity contribution in [3.05, 3.63) is 137 Å². The van der Waals surface area contributed by atoms with Gasteiger partial charge in [-0.1, -0.05) is 103 Å². The van der Waals surface area contributed by atoms with Gasteiger partial charge in [-0.15, -0.1) is 0 Å². The Kier molecular flexibility index (Phi) is 7.63. The Morgan fingerprint density at radius 3 is 1.62 bits per heavy atom. The van der Waals surface area contributed by atoms with Crippen molar-refractivity contribution < 1.29 is 14.3 Å². The van der Waals surface area contributed by atoms with Crippen molar-refractivity contribution >= 4 is 17.6 Å². The lowest BCUT2D eigenvalue weighted by molar-refractivity contribution is -0.144. The second kappa shape index (κ2) is 11.0. The molecule has 0 aliphatic carbocycles. The average Bonchev–Trinajstić information content (AvgIpc) is 2.91. The molecule has 34 heavy (non-hydrogen) atoms. The topological polar surface area (TPSA) is 47.6 Å².